The van der Waals surface area contributed by atoms with Crippen molar-refractivity contribution in [3.8, 4) is 0 Å². The zero-order valence-electron chi connectivity index (χ0n) is 28.2. The summed E-state index contributed by atoms with van der Waals surface area (Å²) in [5, 5.41) is 0. The molecule has 0 rings (SSSR count). The third-order valence-corrected chi connectivity index (χ3v) is 41.4. The molecule has 0 heterocycles. The van der Waals surface area contributed by atoms with E-state index in [4.69, 9.17) is 10.0 Å². The molecule has 0 nitrogen and oxygen atoms in total. The Labute approximate surface area is 281 Å². The zero-order chi connectivity index (χ0) is 30.6. The van der Waals surface area contributed by atoms with Gasteiger partial charge in [0, 0.05) is 0 Å². The average molecular weight is 1080 g/mol. The van der Waals surface area contributed by atoms with Gasteiger partial charge >= 0.3 is 272 Å². The van der Waals surface area contributed by atoms with Crippen LogP contribution in [0.3, 0.4) is 0 Å². The first-order valence-corrected chi connectivity index (χ1v) is 43.2. The second kappa shape index (κ2) is 29.8. The molecule has 0 unspecified atom stereocenters. The molecule has 0 fully saturated rings. The van der Waals surface area contributed by atoms with E-state index >= 15 is 0 Å². The summed E-state index contributed by atoms with van der Waals surface area (Å²) in [5.41, 5.74) is 0. The Bertz CT molecular complexity index is 360. The van der Waals surface area contributed by atoms with E-state index in [1.54, 1.807) is 0 Å². The molecule has 224 valence electrons. The van der Waals surface area contributed by atoms with Crippen molar-refractivity contribution in [2.24, 2.45) is 0 Å². The van der Waals surface area contributed by atoms with Crippen molar-refractivity contribution < 1.29 is 25.5 Å². The van der Waals surface area contributed by atoms with Gasteiger partial charge < -0.3 is 0 Å². The number of halogens is 3. The van der Waals surface area contributed by atoms with Gasteiger partial charge in [0.1, 0.15) is 0 Å². The van der Waals surface area contributed by atoms with E-state index in [0.29, 0.717) is 0 Å². The quantitative estimate of drug-likeness (QED) is 0.159. The second-order valence-electron chi connectivity index (χ2n) is 12.3. The second-order valence-corrected chi connectivity index (χ2v) is 64.6. The summed E-state index contributed by atoms with van der Waals surface area (Å²) in [6, 6.07) is 0. The Hall–Kier alpha value is 4.72. The van der Waals surface area contributed by atoms with Gasteiger partial charge in [-0.15, -0.1) is 0 Å². The van der Waals surface area contributed by atoms with Gasteiger partial charge in [-0.2, -0.15) is 0 Å². The SMILES string of the molecule is CC.C[CH](C)[Ge]([CH](C)C)[CH](C)C.C[CH](C)[Ge]([CH](C)C)[CH](C)C.C[CH](C)[Ge]([Cl])([CH](C)C)[CH](C)C.[I][Sm][I]. The van der Waals surface area contributed by atoms with Gasteiger partial charge in [0.05, 0.1) is 0 Å². The van der Waals surface area contributed by atoms with Crippen LogP contribution < -0.4 is 0 Å². The van der Waals surface area contributed by atoms with Crippen molar-refractivity contribution in [1.82, 2.24) is 0 Å². The molecule has 0 amide bonds. The van der Waals surface area contributed by atoms with Crippen molar-refractivity contribution in [2.45, 2.75) is 181 Å². The van der Waals surface area contributed by atoms with E-state index < -0.39 is 41.0 Å². The molecule has 0 N–H and O–H groups in total. The minimum atomic E-state index is -2.03. The first-order chi connectivity index (χ1) is 16.2. The van der Waals surface area contributed by atoms with Crippen LogP contribution in [0, 0.1) is 25.5 Å². The number of hydrogen-bond acceptors (Lipinski definition) is 0. The summed E-state index contributed by atoms with van der Waals surface area (Å²) in [4.78, 5) is 0. The van der Waals surface area contributed by atoms with Crippen molar-refractivity contribution in [1.29, 1.82) is 0 Å². The Morgan fingerprint density at radius 1 is 0.444 bits per heavy atom. The average Bonchev–Trinajstić information content (AvgIpc) is 2.67. The van der Waals surface area contributed by atoms with E-state index in [1.807, 2.05) is 13.8 Å². The Balaban J connectivity index is -0.000000122. The van der Waals surface area contributed by atoms with Crippen LogP contribution >= 0.6 is 38.6 Å². The van der Waals surface area contributed by atoms with Crippen LogP contribution in [-0.4, -0.2) is 41.0 Å². The van der Waals surface area contributed by atoms with Gasteiger partial charge in [0.15, 0.2) is 0 Å². The van der Waals surface area contributed by atoms with Crippen molar-refractivity contribution in [3.63, 3.8) is 0 Å². The third-order valence-electron chi connectivity index (χ3n) is 6.65. The number of rotatable bonds is 9. The molecule has 0 aromatic heterocycles. The molecule has 0 saturated carbocycles. The molecule has 0 aliphatic heterocycles. The van der Waals surface area contributed by atoms with E-state index in [9.17, 15) is 0 Å². The summed E-state index contributed by atoms with van der Waals surface area (Å²) in [6.07, 6.45) is 0. The van der Waals surface area contributed by atoms with Crippen molar-refractivity contribution in [3.05, 3.63) is 0 Å². The van der Waals surface area contributed by atoms with Gasteiger partial charge in [-0.1, -0.05) is 13.8 Å². The molecular weight excluding hydrogens is 1010 g/mol. The summed E-state index contributed by atoms with van der Waals surface area (Å²) in [5.74, 6) is 0. The fourth-order valence-corrected chi connectivity index (χ4v) is 31.2. The van der Waals surface area contributed by atoms with Crippen molar-refractivity contribution in [2.75, 3.05) is 0 Å². The van der Waals surface area contributed by atoms with Gasteiger partial charge in [-0.25, -0.2) is 0 Å². The molecule has 7 heteroatoms. The molecule has 0 saturated heterocycles. The molecule has 0 aromatic rings. The molecule has 0 aromatic carbocycles. The molecule has 2 radical (unpaired) electrons. The monoisotopic (exact) mass is 1080 g/mol. The van der Waals surface area contributed by atoms with Gasteiger partial charge in [0.25, 0.3) is 0 Å². The van der Waals surface area contributed by atoms with Crippen LogP contribution in [0.4, 0.5) is 0 Å². The normalized spacial score (nSPS) is 11.8. The molecule has 0 atom stereocenters. The van der Waals surface area contributed by atoms with Crippen LogP contribution in [0.15, 0.2) is 0 Å². The molecular formula is C29H69ClGe3I2Sm. The Morgan fingerprint density at radius 2 is 0.556 bits per heavy atom. The third kappa shape index (κ3) is 25.2. The van der Waals surface area contributed by atoms with Crippen LogP contribution in [0.1, 0.15) is 138 Å². The fourth-order valence-electron chi connectivity index (χ4n) is 6.00. The van der Waals surface area contributed by atoms with Crippen LogP contribution in [0.25, 0.3) is 0 Å². The van der Waals surface area contributed by atoms with Crippen LogP contribution in [-0.2, 0) is 0 Å². The van der Waals surface area contributed by atoms with E-state index in [0.717, 1.165) is 42.8 Å². The first-order valence-electron chi connectivity index (χ1n) is 14.5. The minimum absolute atomic E-state index is 0.190. The first kappa shape index (κ1) is 50.3. The molecule has 0 bridgehead atoms. The van der Waals surface area contributed by atoms with Gasteiger partial charge in [0.2, 0.25) is 0 Å². The summed E-state index contributed by atoms with van der Waals surface area (Å²) in [7, 11) is 6.73. The maximum atomic E-state index is 6.73. The topological polar surface area (TPSA) is 0 Å². The van der Waals surface area contributed by atoms with E-state index in [1.165, 1.54) is 0 Å². The molecule has 0 aliphatic rings. The molecule has 0 spiro atoms. The number of hydrogen-bond donors (Lipinski definition) is 0. The van der Waals surface area contributed by atoms with Gasteiger partial charge in [-0.05, 0) is 0 Å². The van der Waals surface area contributed by atoms with Gasteiger partial charge in [-0.3, -0.25) is 0 Å². The van der Waals surface area contributed by atoms with Crippen LogP contribution in [0.2, 0.25) is 42.8 Å². The zero-order valence-corrected chi connectivity index (χ0v) is 42.2. The summed E-state index contributed by atoms with van der Waals surface area (Å²) < 4.78 is 8.20. The molecule has 36 heavy (non-hydrogen) atoms. The maximum absolute atomic E-state index is 6.73. The predicted molar refractivity (Wildman–Crippen MR) is 198 cm³/mol. The standard InChI is InChI=1S/C9H21ClGe.2C9H21Ge.C2H6.2HI.Sm/c1-7(2)11(10,8(3)4)9(5)6;2*1-7(2)10(8(3)4)9(5)6;1-2;;;/h7-9H,1-6H3;2*7-9H,1-6H3;1-2H3;2*1H;/q;;;;;;+2/p-2. The predicted octanol–water partition coefficient (Wildman–Crippen LogP) is 14.6. The Kier molecular flexibility index (Phi) is 41.6. The summed E-state index contributed by atoms with van der Waals surface area (Å²) in [6.45, 7) is 46.5. The van der Waals surface area contributed by atoms with Crippen molar-refractivity contribution >= 4 is 79.6 Å². The van der Waals surface area contributed by atoms with E-state index in [-0.39, 0.29) is 25.5 Å². The summed E-state index contributed by atoms with van der Waals surface area (Å²) >= 11 is 1.60. The molecule has 0 aliphatic carbocycles. The Morgan fingerprint density at radius 3 is 0.556 bits per heavy atom. The van der Waals surface area contributed by atoms with E-state index in [2.05, 4.69) is 153 Å². The van der Waals surface area contributed by atoms with Crippen LogP contribution in [0.5, 0.6) is 0 Å². The fraction of sp³-hybridized carbons (Fsp3) is 1.00.